The standard InChI is InChI=1S/C4H7.Zn/c1-4(2)3;/h1-2H2,3H3;. The average Bonchev–Trinajstić information content (AvgIpc) is 1.38. The van der Waals surface area contributed by atoms with E-state index in [0.29, 0.717) is 0 Å². The molecule has 0 aromatic heterocycles. The summed E-state index contributed by atoms with van der Waals surface area (Å²) >= 11 is 1.36. The van der Waals surface area contributed by atoms with Gasteiger partial charge in [-0.15, -0.1) is 0 Å². The van der Waals surface area contributed by atoms with Crippen LogP contribution >= 0.6 is 0 Å². The topological polar surface area (TPSA) is 0 Å². The number of hydrogen-bond acceptors (Lipinski definition) is 0. The fourth-order valence-corrected chi connectivity index (χ4v) is 0. The van der Waals surface area contributed by atoms with Crippen molar-refractivity contribution >= 4 is 0 Å². The fourth-order valence-electron chi connectivity index (χ4n) is 0. The molecule has 0 aliphatic rings. The van der Waals surface area contributed by atoms with Crippen molar-refractivity contribution in [3.63, 3.8) is 0 Å². The molecule has 5 heavy (non-hydrogen) atoms. The molecule has 0 aliphatic heterocycles. The third-order valence-electron chi connectivity index (χ3n) is 0.427. The molecular formula is C4H7Zn. The summed E-state index contributed by atoms with van der Waals surface area (Å²) in [6.07, 6.45) is 0. The van der Waals surface area contributed by atoms with Crippen molar-refractivity contribution in [1.29, 1.82) is 0 Å². The van der Waals surface area contributed by atoms with Gasteiger partial charge in [0.15, 0.2) is 0 Å². The minimum absolute atomic E-state index is 1.24. The first-order chi connectivity index (χ1) is 2.27. The molecule has 0 fully saturated rings. The molecule has 0 saturated carbocycles. The fraction of sp³-hybridized carbons (Fsp3) is 0.500. The number of rotatable bonds is 1. The van der Waals surface area contributed by atoms with Crippen molar-refractivity contribution in [2.24, 2.45) is 0 Å². The SMILES string of the molecule is C=C(C)[CH2][Zn]. The molecule has 0 atom stereocenters. The van der Waals surface area contributed by atoms with Crippen LogP contribution in [0.4, 0.5) is 0 Å². The Hall–Kier alpha value is 0.363. The summed E-state index contributed by atoms with van der Waals surface area (Å²) in [6, 6.07) is 0. The van der Waals surface area contributed by atoms with Gasteiger partial charge in [0.2, 0.25) is 0 Å². The molecule has 0 amide bonds. The Morgan fingerprint density at radius 2 is 2.20 bits per heavy atom. The van der Waals surface area contributed by atoms with Gasteiger partial charge in [0, 0.05) is 0 Å². The van der Waals surface area contributed by atoms with Gasteiger partial charge in [-0.3, -0.25) is 0 Å². The third-order valence-corrected chi connectivity index (χ3v) is 2.22. The van der Waals surface area contributed by atoms with Crippen LogP contribution in [0.2, 0.25) is 5.02 Å². The van der Waals surface area contributed by atoms with E-state index >= 15 is 0 Å². The van der Waals surface area contributed by atoms with Crippen molar-refractivity contribution in [2.45, 2.75) is 11.9 Å². The second-order valence-corrected chi connectivity index (χ2v) is 2.26. The predicted molar refractivity (Wildman–Crippen MR) is 19.6 cm³/mol. The Kier molecular flexibility index (Phi) is 2.78. The monoisotopic (exact) mass is 119 g/mol. The molecule has 0 nitrogen and oxygen atoms in total. The van der Waals surface area contributed by atoms with E-state index in [1.165, 1.54) is 28.9 Å². The first kappa shape index (κ1) is 5.36. The van der Waals surface area contributed by atoms with Gasteiger partial charge in [0.05, 0.1) is 0 Å². The molecule has 0 unspecified atom stereocenters. The van der Waals surface area contributed by atoms with Crippen molar-refractivity contribution in [2.75, 3.05) is 0 Å². The summed E-state index contributed by atoms with van der Waals surface area (Å²) in [4.78, 5) is 0. The van der Waals surface area contributed by atoms with Gasteiger partial charge in [-0.05, 0) is 0 Å². The zero-order chi connectivity index (χ0) is 4.28. The first-order valence-corrected chi connectivity index (χ1v) is 3.81. The molecular weight excluding hydrogens is 113 g/mol. The second kappa shape index (κ2) is 2.59. The molecule has 0 rings (SSSR count). The van der Waals surface area contributed by atoms with Crippen LogP contribution in [-0.2, 0) is 18.3 Å². The van der Waals surface area contributed by atoms with Gasteiger partial charge < -0.3 is 0 Å². The molecule has 0 aromatic carbocycles. The summed E-state index contributed by atoms with van der Waals surface area (Å²) in [6.45, 7) is 5.76. The van der Waals surface area contributed by atoms with Crippen molar-refractivity contribution < 1.29 is 18.3 Å². The van der Waals surface area contributed by atoms with Crippen LogP contribution in [-0.4, -0.2) is 0 Å². The Morgan fingerprint density at radius 1 is 2.00 bits per heavy atom. The van der Waals surface area contributed by atoms with Crippen LogP contribution in [0.25, 0.3) is 0 Å². The van der Waals surface area contributed by atoms with E-state index in [0.717, 1.165) is 0 Å². The molecule has 0 aliphatic carbocycles. The van der Waals surface area contributed by atoms with Gasteiger partial charge in [-0.25, -0.2) is 0 Å². The molecule has 0 aromatic rings. The summed E-state index contributed by atoms with van der Waals surface area (Å²) in [5.74, 6) is 0. The summed E-state index contributed by atoms with van der Waals surface area (Å²) in [7, 11) is 0. The second-order valence-electron chi connectivity index (χ2n) is 1.21. The zero-order valence-electron chi connectivity index (χ0n) is 3.62. The van der Waals surface area contributed by atoms with Gasteiger partial charge in [-0.2, -0.15) is 0 Å². The maximum atomic E-state index is 3.70. The summed E-state index contributed by atoms with van der Waals surface area (Å²) in [5, 5.41) is 1.24. The Labute approximate surface area is 42.9 Å². The van der Waals surface area contributed by atoms with E-state index in [2.05, 4.69) is 13.5 Å². The van der Waals surface area contributed by atoms with Gasteiger partial charge in [0.25, 0.3) is 0 Å². The van der Waals surface area contributed by atoms with E-state index in [4.69, 9.17) is 0 Å². The van der Waals surface area contributed by atoms with E-state index in [-0.39, 0.29) is 0 Å². The molecule has 0 saturated heterocycles. The van der Waals surface area contributed by atoms with Gasteiger partial charge >= 0.3 is 42.4 Å². The Morgan fingerprint density at radius 3 is 2.20 bits per heavy atom. The third kappa shape index (κ3) is 4.36. The van der Waals surface area contributed by atoms with E-state index < -0.39 is 0 Å². The van der Waals surface area contributed by atoms with Crippen LogP contribution in [0.15, 0.2) is 12.2 Å². The number of allylic oxidation sites excluding steroid dienone is 1. The van der Waals surface area contributed by atoms with Gasteiger partial charge in [-0.1, -0.05) is 0 Å². The molecule has 0 spiro atoms. The summed E-state index contributed by atoms with van der Waals surface area (Å²) < 4.78 is 0. The Bertz CT molecular complexity index is 38.9. The minimum atomic E-state index is 1.24. The van der Waals surface area contributed by atoms with Crippen LogP contribution in [0.3, 0.4) is 0 Å². The maximum absolute atomic E-state index is 3.70. The molecule has 0 heterocycles. The molecule has 0 N–H and O–H groups in total. The first-order valence-electron chi connectivity index (χ1n) is 1.71. The van der Waals surface area contributed by atoms with Gasteiger partial charge in [0.1, 0.15) is 0 Å². The van der Waals surface area contributed by atoms with Crippen LogP contribution in [0.1, 0.15) is 6.92 Å². The van der Waals surface area contributed by atoms with Crippen molar-refractivity contribution in [3.05, 3.63) is 12.2 Å². The number of hydrogen-bond donors (Lipinski definition) is 0. The van der Waals surface area contributed by atoms with E-state index in [9.17, 15) is 0 Å². The molecule has 0 bridgehead atoms. The van der Waals surface area contributed by atoms with Crippen LogP contribution in [0.5, 0.6) is 0 Å². The molecule has 25 valence electrons. The van der Waals surface area contributed by atoms with E-state index in [1.807, 2.05) is 0 Å². The average molecular weight is 120 g/mol. The Balaban J connectivity index is 2.85. The predicted octanol–water partition coefficient (Wildman–Crippen LogP) is 1.53. The quantitative estimate of drug-likeness (QED) is 0.364. The normalized spacial score (nSPS) is 7.80. The van der Waals surface area contributed by atoms with Crippen LogP contribution in [0, 0.1) is 0 Å². The summed E-state index contributed by atoms with van der Waals surface area (Å²) in [5.41, 5.74) is 1.31. The zero-order valence-corrected chi connectivity index (χ0v) is 6.59. The molecule has 1 heteroatoms. The van der Waals surface area contributed by atoms with Crippen molar-refractivity contribution in [1.82, 2.24) is 0 Å². The van der Waals surface area contributed by atoms with E-state index in [1.54, 1.807) is 0 Å². The van der Waals surface area contributed by atoms with Crippen LogP contribution < -0.4 is 0 Å². The van der Waals surface area contributed by atoms with Crippen molar-refractivity contribution in [3.8, 4) is 0 Å². The molecule has 0 radical (unpaired) electrons.